The molecular formula is C22H39IO4Si. The first-order chi connectivity index (χ1) is 12.8. The Morgan fingerprint density at radius 3 is 2.29 bits per heavy atom. The molecule has 28 heavy (non-hydrogen) atoms. The fraction of sp³-hybridized carbons (Fsp3) is 0.682. The molecule has 0 aromatic heterocycles. The molecule has 0 radical (unpaired) electrons. The van der Waals surface area contributed by atoms with E-state index < -0.39 is 20.4 Å². The van der Waals surface area contributed by atoms with Crippen LogP contribution in [0.3, 0.4) is 0 Å². The van der Waals surface area contributed by atoms with Gasteiger partial charge in [-0.05, 0) is 53.5 Å². The molecule has 0 heterocycles. The summed E-state index contributed by atoms with van der Waals surface area (Å²) in [6.07, 6.45) is 9.57. The van der Waals surface area contributed by atoms with Crippen LogP contribution < -0.4 is 0 Å². The summed E-state index contributed by atoms with van der Waals surface area (Å²) in [5, 5.41) is 9.29. The fourth-order valence-corrected chi connectivity index (χ4v) is 4.15. The van der Waals surface area contributed by atoms with Gasteiger partial charge in [0.05, 0.1) is 18.6 Å². The topological polar surface area (TPSA) is 55.8 Å². The molecule has 0 aliphatic carbocycles. The number of hydrogen-bond donors (Lipinski definition) is 1. The first-order valence-corrected chi connectivity index (χ1v) is 14.0. The van der Waals surface area contributed by atoms with Crippen molar-refractivity contribution in [1.82, 2.24) is 0 Å². The Kier molecular flexibility index (Phi) is 12.8. The summed E-state index contributed by atoms with van der Waals surface area (Å²) in [5.74, 6) is -0.390. The molecule has 0 aromatic carbocycles. The Morgan fingerprint density at radius 2 is 1.82 bits per heavy atom. The lowest BCUT2D eigenvalue weighted by atomic mass is 10.00. The minimum absolute atomic E-state index is 0.0133. The van der Waals surface area contributed by atoms with Crippen molar-refractivity contribution in [3.63, 3.8) is 0 Å². The van der Waals surface area contributed by atoms with E-state index in [1.165, 1.54) is 5.57 Å². The van der Waals surface area contributed by atoms with Gasteiger partial charge in [0.1, 0.15) is 0 Å². The van der Waals surface area contributed by atoms with Crippen LogP contribution in [0.15, 0.2) is 34.0 Å². The van der Waals surface area contributed by atoms with Crippen molar-refractivity contribution in [2.45, 2.75) is 84.2 Å². The van der Waals surface area contributed by atoms with E-state index in [0.717, 1.165) is 6.42 Å². The molecule has 0 aromatic rings. The first-order valence-electron chi connectivity index (χ1n) is 9.86. The van der Waals surface area contributed by atoms with Crippen molar-refractivity contribution >= 4 is 36.9 Å². The number of aliphatic carboxylic acids is 1. The zero-order chi connectivity index (χ0) is 22.0. The molecule has 4 nitrogen and oxygen atoms in total. The van der Waals surface area contributed by atoms with Gasteiger partial charge < -0.3 is 14.3 Å². The van der Waals surface area contributed by atoms with Crippen LogP contribution in [0.25, 0.3) is 0 Å². The summed E-state index contributed by atoms with van der Waals surface area (Å²) in [6, 6.07) is 0. The molecule has 0 saturated carbocycles. The summed E-state index contributed by atoms with van der Waals surface area (Å²) in [7, 11) is -0.327. The summed E-state index contributed by atoms with van der Waals surface area (Å²) in [5.41, 5.74) is 1.20. The summed E-state index contributed by atoms with van der Waals surface area (Å²) < 4.78 is 14.0. The predicted octanol–water partition coefficient (Wildman–Crippen LogP) is 6.73. The minimum Gasteiger partial charge on any atom is -0.481 e. The average Bonchev–Trinajstić information content (AvgIpc) is 2.54. The number of rotatable bonds is 12. The second kappa shape index (κ2) is 13.0. The molecule has 1 N–H and O–H groups in total. The molecule has 0 aliphatic rings. The number of carbonyl (C=O) groups is 1. The first kappa shape index (κ1) is 27.6. The van der Waals surface area contributed by atoms with Crippen LogP contribution >= 0.6 is 22.6 Å². The van der Waals surface area contributed by atoms with Crippen LogP contribution in [0, 0.1) is 5.92 Å². The van der Waals surface area contributed by atoms with Gasteiger partial charge in [0.25, 0.3) is 0 Å². The molecule has 0 aliphatic heterocycles. The largest absolute Gasteiger partial charge is 0.481 e. The van der Waals surface area contributed by atoms with Gasteiger partial charge >= 0.3 is 5.97 Å². The van der Waals surface area contributed by atoms with Gasteiger partial charge in [-0.25, -0.2) is 0 Å². The highest BCUT2D eigenvalue weighted by atomic mass is 127. The maximum atomic E-state index is 11.3. The van der Waals surface area contributed by atoms with Gasteiger partial charge in [-0.1, -0.05) is 74.6 Å². The molecule has 3 atom stereocenters. The van der Waals surface area contributed by atoms with Crippen molar-refractivity contribution in [3.8, 4) is 0 Å². The second-order valence-electron chi connectivity index (χ2n) is 8.89. The highest BCUT2D eigenvalue weighted by Crippen LogP contribution is 2.37. The highest BCUT2D eigenvalue weighted by Gasteiger charge is 2.39. The number of hydrogen-bond acceptors (Lipinski definition) is 3. The van der Waals surface area contributed by atoms with Crippen LogP contribution in [0.2, 0.25) is 18.1 Å². The molecule has 0 amide bonds. The van der Waals surface area contributed by atoms with E-state index in [-0.39, 0.29) is 17.6 Å². The van der Waals surface area contributed by atoms with E-state index in [4.69, 9.17) is 9.16 Å². The number of carboxylic acid groups (broad SMARTS) is 1. The standard InChI is InChI=1S/C22H39IO4Si/c1-17(11-10-14-23)15-18(2)20(26-6)13-9-12-19(16-21(24)25)27-28(7,8)22(3,4)5/h9-10,12,14-15,17,19-20H,11,13,16H2,1-8H3,(H,24,25)/b12-9+,14-10+,18-15+/t17-,19+,20-/m0/s1. The SMILES string of the molecule is CO[C@@H](C/C=C/[C@H](CC(=O)O)O[Si](C)(C)C(C)(C)C)/C(C)=C/[C@@H](C)C/C=C/I. The lowest BCUT2D eigenvalue weighted by Crippen LogP contribution is -2.44. The smallest absolute Gasteiger partial charge is 0.306 e. The van der Waals surface area contributed by atoms with Crippen molar-refractivity contribution in [2.24, 2.45) is 5.92 Å². The average molecular weight is 523 g/mol. The van der Waals surface area contributed by atoms with Gasteiger partial charge in [-0.3, -0.25) is 4.79 Å². The highest BCUT2D eigenvalue weighted by molar-refractivity contribution is 14.1. The number of carboxylic acids is 1. The maximum Gasteiger partial charge on any atom is 0.306 e. The van der Waals surface area contributed by atoms with Crippen molar-refractivity contribution in [2.75, 3.05) is 7.11 Å². The van der Waals surface area contributed by atoms with E-state index >= 15 is 0 Å². The Balaban J connectivity index is 5.12. The number of ether oxygens (including phenoxy) is 1. The molecule has 162 valence electrons. The lowest BCUT2D eigenvalue weighted by molar-refractivity contribution is -0.138. The quantitative estimate of drug-likeness (QED) is 0.175. The fourth-order valence-electron chi connectivity index (χ4n) is 2.59. The number of halogens is 1. The molecule has 0 spiro atoms. The molecular weight excluding hydrogens is 483 g/mol. The van der Waals surface area contributed by atoms with Gasteiger partial charge in [-0.2, -0.15) is 0 Å². The second-order valence-corrected chi connectivity index (χ2v) is 14.4. The monoisotopic (exact) mass is 522 g/mol. The van der Waals surface area contributed by atoms with E-state index in [9.17, 15) is 9.90 Å². The normalized spacial score (nSPS) is 17.2. The molecule has 0 bridgehead atoms. The molecule has 0 saturated heterocycles. The van der Waals surface area contributed by atoms with E-state index in [2.05, 4.69) is 82.5 Å². The van der Waals surface area contributed by atoms with Crippen LogP contribution in [-0.4, -0.2) is 38.7 Å². The molecule has 0 fully saturated rings. The van der Waals surface area contributed by atoms with Crippen LogP contribution in [-0.2, 0) is 14.0 Å². The van der Waals surface area contributed by atoms with Gasteiger partial charge in [0, 0.05) is 7.11 Å². The third-order valence-electron chi connectivity index (χ3n) is 5.27. The lowest BCUT2D eigenvalue weighted by Gasteiger charge is -2.38. The third kappa shape index (κ3) is 10.9. The van der Waals surface area contributed by atoms with Gasteiger partial charge in [0.2, 0.25) is 0 Å². The Morgan fingerprint density at radius 1 is 1.21 bits per heavy atom. The van der Waals surface area contributed by atoms with Gasteiger partial charge in [0.15, 0.2) is 8.32 Å². The van der Waals surface area contributed by atoms with Crippen LogP contribution in [0.4, 0.5) is 0 Å². The molecule has 0 rings (SSSR count). The predicted molar refractivity (Wildman–Crippen MR) is 130 cm³/mol. The van der Waals surface area contributed by atoms with Crippen LogP contribution in [0.5, 0.6) is 0 Å². The molecule has 0 unspecified atom stereocenters. The zero-order valence-corrected chi connectivity index (χ0v) is 21.9. The van der Waals surface area contributed by atoms with Gasteiger partial charge in [-0.15, -0.1) is 0 Å². The zero-order valence-electron chi connectivity index (χ0n) is 18.8. The van der Waals surface area contributed by atoms with Crippen molar-refractivity contribution in [3.05, 3.63) is 34.0 Å². The number of methoxy groups -OCH3 is 1. The Labute approximate surface area is 186 Å². The van der Waals surface area contributed by atoms with Crippen molar-refractivity contribution < 1.29 is 19.1 Å². The molecule has 6 heteroatoms. The van der Waals surface area contributed by atoms with E-state index in [1.807, 2.05) is 16.2 Å². The number of allylic oxidation sites excluding steroid dienone is 2. The van der Waals surface area contributed by atoms with Crippen molar-refractivity contribution in [1.29, 1.82) is 0 Å². The Hall–Kier alpha value is -0.443. The summed E-state index contributed by atoms with van der Waals surface area (Å²) >= 11 is 2.24. The summed E-state index contributed by atoms with van der Waals surface area (Å²) in [6.45, 7) is 15.0. The minimum atomic E-state index is -2.04. The third-order valence-corrected chi connectivity index (χ3v) is 10.3. The maximum absolute atomic E-state index is 11.3. The van der Waals surface area contributed by atoms with Crippen LogP contribution in [0.1, 0.15) is 53.9 Å². The van der Waals surface area contributed by atoms with E-state index in [0.29, 0.717) is 12.3 Å². The summed E-state index contributed by atoms with van der Waals surface area (Å²) in [4.78, 5) is 11.3. The van der Waals surface area contributed by atoms with E-state index in [1.54, 1.807) is 7.11 Å². The Bertz CT molecular complexity index is 561.